The van der Waals surface area contributed by atoms with Gasteiger partial charge in [-0.3, -0.25) is 0 Å². The van der Waals surface area contributed by atoms with Crippen molar-refractivity contribution >= 4 is 0 Å². The molecule has 0 spiro atoms. The molecule has 7 heterocycles. The molecule has 7 heteroatoms. The van der Waals surface area contributed by atoms with E-state index < -0.39 is 0 Å². The molecule has 7 nitrogen and oxygen atoms in total. The number of fused-ring (bicyclic) bond motifs is 11. The summed E-state index contributed by atoms with van der Waals surface area (Å²) in [5.41, 5.74) is 20.9. The quantitative estimate of drug-likeness (QED) is 0.141. The van der Waals surface area contributed by atoms with Crippen LogP contribution in [-0.4, -0.2) is 13.7 Å². The van der Waals surface area contributed by atoms with Crippen LogP contribution in [0, 0.1) is 41.5 Å². The molecule has 0 saturated carbocycles. The van der Waals surface area contributed by atoms with Crippen LogP contribution in [0.15, 0.2) is 77.4 Å². The van der Waals surface area contributed by atoms with Gasteiger partial charge in [0.1, 0.15) is 28.0 Å². The van der Waals surface area contributed by atoms with E-state index in [9.17, 15) is 0 Å². The standard InChI is InChI=1S/C24H27N2.C16H21N2.C13H17N2O/c1-14-22-18-13-20-17(16-10-8-9-11-19(16)23(20,3)4)12-21(18)24(5,6)26(22)15(2)25(14)7;1-11-15-10-13-8-6-7-9-14(13)16(3,4)18(15)12(2)17(11)5;1-8-11-12-10(6-7-16-12)13(3,4)15(11)9(2)14(8)5/h8-13H,1-7H3;6-9H,10H2,1-5H3;6-7H,1-5H3/q3*+1. The van der Waals surface area contributed by atoms with E-state index in [0.717, 1.165) is 12.2 Å². The first-order valence-electron chi connectivity index (χ1n) is 21.8. The van der Waals surface area contributed by atoms with Gasteiger partial charge in [0.25, 0.3) is 17.5 Å². The normalized spacial score (nSPS) is 16.9. The zero-order valence-electron chi connectivity index (χ0n) is 39.2. The van der Waals surface area contributed by atoms with Crippen molar-refractivity contribution in [3.05, 3.63) is 147 Å². The summed E-state index contributed by atoms with van der Waals surface area (Å²) in [5, 5.41) is 0. The van der Waals surface area contributed by atoms with Crippen molar-refractivity contribution in [2.75, 3.05) is 0 Å². The second kappa shape index (κ2) is 12.8. The number of nitrogens with zero attached hydrogens (tertiary/aromatic N) is 6. The minimum Gasteiger partial charge on any atom is -0.460 e. The van der Waals surface area contributed by atoms with Crippen molar-refractivity contribution in [3.63, 3.8) is 0 Å². The van der Waals surface area contributed by atoms with Gasteiger partial charge in [-0.25, -0.2) is 27.4 Å². The summed E-state index contributed by atoms with van der Waals surface area (Å²) in [6.45, 7) is 31.8. The summed E-state index contributed by atoms with van der Waals surface area (Å²) < 4.78 is 19.9. The number of furan rings is 1. The van der Waals surface area contributed by atoms with Crippen molar-refractivity contribution < 1.29 is 18.1 Å². The summed E-state index contributed by atoms with van der Waals surface area (Å²) in [7, 11) is 6.45. The minimum absolute atomic E-state index is 0.00618. The number of benzene rings is 3. The Morgan fingerprint density at radius 1 is 0.483 bits per heavy atom. The highest BCUT2D eigenvalue weighted by Crippen LogP contribution is 2.53. The second-order valence-electron chi connectivity index (χ2n) is 20.0. The lowest BCUT2D eigenvalue weighted by atomic mass is 9.80. The summed E-state index contributed by atoms with van der Waals surface area (Å²) in [6.07, 6.45) is 2.84. The van der Waals surface area contributed by atoms with E-state index in [0.29, 0.717) is 0 Å². The molecule has 3 aliphatic heterocycles. The molecule has 4 aliphatic rings. The van der Waals surface area contributed by atoms with E-state index in [2.05, 4.69) is 212 Å². The van der Waals surface area contributed by atoms with Crippen LogP contribution in [-0.2, 0) is 49.6 Å². The van der Waals surface area contributed by atoms with Gasteiger partial charge < -0.3 is 4.42 Å². The maximum atomic E-state index is 5.65. The van der Waals surface area contributed by atoms with Crippen molar-refractivity contribution in [2.24, 2.45) is 21.1 Å². The Morgan fingerprint density at radius 2 is 0.983 bits per heavy atom. The van der Waals surface area contributed by atoms with Crippen LogP contribution in [0.1, 0.15) is 129 Å². The van der Waals surface area contributed by atoms with Gasteiger partial charge in [-0.05, 0) is 87.6 Å². The molecule has 4 aromatic heterocycles. The van der Waals surface area contributed by atoms with Crippen LogP contribution in [0.4, 0.5) is 0 Å². The number of hydrogen-bond acceptors (Lipinski definition) is 1. The highest BCUT2D eigenvalue weighted by Gasteiger charge is 2.49. The molecule has 0 bridgehead atoms. The molecular weight excluding hydrogens is 737 g/mol. The van der Waals surface area contributed by atoms with Gasteiger partial charge in [-0.1, -0.05) is 62.4 Å². The Labute approximate surface area is 357 Å². The third-order valence-electron chi connectivity index (χ3n) is 15.6. The first-order valence-corrected chi connectivity index (χ1v) is 21.8. The third kappa shape index (κ3) is 5.04. The minimum atomic E-state index is -0.0303. The first-order chi connectivity index (χ1) is 28.1. The number of rotatable bonds is 0. The van der Waals surface area contributed by atoms with Gasteiger partial charge in [0, 0.05) is 75.6 Å². The fourth-order valence-corrected chi connectivity index (χ4v) is 11.8. The van der Waals surface area contributed by atoms with Gasteiger partial charge in [0.15, 0.2) is 22.8 Å². The molecular formula is C53H65N6O+3. The molecule has 11 rings (SSSR count). The first kappa shape index (κ1) is 40.0. The second-order valence-corrected chi connectivity index (χ2v) is 20.0. The summed E-state index contributed by atoms with van der Waals surface area (Å²) in [5.74, 6) is 4.95. The Hall–Kier alpha value is -5.43. The van der Waals surface area contributed by atoms with Gasteiger partial charge in [-0.2, -0.15) is 0 Å². The molecule has 310 valence electrons. The third-order valence-corrected chi connectivity index (χ3v) is 15.6. The highest BCUT2D eigenvalue weighted by molar-refractivity contribution is 5.85. The lowest BCUT2D eigenvalue weighted by Gasteiger charge is -2.31. The Bertz CT molecular complexity index is 2950. The van der Waals surface area contributed by atoms with E-state index in [4.69, 9.17) is 4.42 Å². The monoisotopic (exact) mass is 802 g/mol. The van der Waals surface area contributed by atoms with E-state index in [-0.39, 0.29) is 22.0 Å². The lowest BCUT2D eigenvalue weighted by molar-refractivity contribution is -0.760. The summed E-state index contributed by atoms with van der Waals surface area (Å²) >= 11 is 0. The maximum absolute atomic E-state index is 5.65. The van der Waals surface area contributed by atoms with Gasteiger partial charge in [0.05, 0.1) is 27.4 Å². The fourth-order valence-electron chi connectivity index (χ4n) is 11.8. The Balaban J connectivity index is 0.000000120. The molecule has 0 fully saturated rings. The largest absolute Gasteiger partial charge is 0.460 e. The predicted octanol–water partition coefficient (Wildman–Crippen LogP) is 9.90. The van der Waals surface area contributed by atoms with Crippen molar-refractivity contribution in [1.82, 2.24) is 13.7 Å². The van der Waals surface area contributed by atoms with E-state index in [1.54, 1.807) is 6.26 Å². The van der Waals surface area contributed by atoms with Crippen molar-refractivity contribution in [2.45, 2.75) is 125 Å². The van der Waals surface area contributed by atoms with E-state index in [1.807, 2.05) is 0 Å². The Morgan fingerprint density at radius 3 is 1.65 bits per heavy atom. The average Bonchev–Trinajstić information content (AvgIpc) is 4.03. The summed E-state index contributed by atoms with van der Waals surface area (Å²) in [6, 6.07) is 24.8. The van der Waals surface area contributed by atoms with Gasteiger partial charge in [-0.15, -0.1) is 0 Å². The van der Waals surface area contributed by atoms with Crippen LogP contribution >= 0.6 is 0 Å². The van der Waals surface area contributed by atoms with Gasteiger partial charge >= 0.3 is 0 Å². The molecule has 0 unspecified atom stereocenters. The lowest BCUT2D eigenvalue weighted by Crippen LogP contribution is -2.59. The topological polar surface area (TPSA) is 39.6 Å². The smallest absolute Gasteiger partial charge is 0.254 e. The number of aromatic nitrogens is 6. The van der Waals surface area contributed by atoms with Crippen LogP contribution in [0.3, 0.4) is 0 Å². The maximum Gasteiger partial charge on any atom is 0.254 e. The van der Waals surface area contributed by atoms with Crippen molar-refractivity contribution in [1.29, 1.82) is 0 Å². The zero-order chi connectivity index (χ0) is 43.3. The molecule has 60 heavy (non-hydrogen) atoms. The molecule has 0 radical (unpaired) electrons. The molecule has 0 atom stereocenters. The Kier molecular flexibility index (Phi) is 8.53. The van der Waals surface area contributed by atoms with Crippen molar-refractivity contribution in [3.8, 4) is 33.8 Å². The average molecular weight is 802 g/mol. The van der Waals surface area contributed by atoms with Gasteiger partial charge in [0.2, 0.25) is 5.69 Å². The van der Waals surface area contributed by atoms with Crippen LogP contribution in [0.2, 0.25) is 0 Å². The molecule has 0 amide bonds. The molecule has 0 N–H and O–H groups in total. The van der Waals surface area contributed by atoms with Crippen LogP contribution in [0.25, 0.3) is 33.8 Å². The fraction of sp³-hybridized carbons (Fsp3) is 0.415. The number of imidazole rings is 3. The molecule has 0 saturated heterocycles. The van der Waals surface area contributed by atoms with E-state index in [1.165, 1.54) is 102 Å². The SMILES string of the molecule is Cc1c2[n+](c(C)n1C)C(C)(C)c1cc3c(cc1-2)C(C)(C)c1ccccc1-3.Cc1c2[n+](c(C)n1C)C(C)(C)c1ccccc1C2.Cc1c2[n+](c(C)n1C)C(C)(C)c1ccoc1-2. The highest BCUT2D eigenvalue weighted by atomic mass is 16.3. The zero-order valence-corrected chi connectivity index (χ0v) is 39.2. The molecule has 7 aromatic rings. The predicted molar refractivity (Wildman–Crippen MR) is 240 cm³/mol. The van der Waals surface area contributed by atoms with Crippen LogP contribution in [0.5, 0.6) is 0 Å². The number of hydrogen-bond donors (Lipinski definition) is 0. The summed E-state index contributed by atoms with van der Waals surface area (Å²) in [4.78, 5) is 0. The van der Waals surface area contributed by atoms with E-state index >= 15 is 0 Å². The molecule has 1 aliphatic carbocycles. The van der Waals surface area contributed by atoms with Crippen LogP contribution < -0.4 is 13.7 Å². The molecule has 3 aromatic carbocycles.